The van der Waals surface area contributed by atoms with Crippen molar-refractivity contribution in [1.29, 1.82) is 0 Å². The van der Waals surface area contributed by atoms with E-state index in [1.807, 2.05) is 12.1 Å². The molecule has 0 amide bonds. The summed E-state index contributed by atoms with van der Waals surface area (Å²) in [4.78, 5) is 0. The first-order chi connectivity index (χ1) is 12.3. The van der Waals surface area contributed by atoms with E-state index in [2.05, 4.69) is 91.3 Å². The van der Waals surface area contributed by atoms with Crippen molar-refractivity contribution in [2.45, 2.75) is 0 Å². The third-order valence-electron chi connectivity index (χ3n) is 3.99. The normalized spacial score (nSPS) is 11.0. The molecule has 25 heavy (non-hydrogen) atoms. The van der Waals surface area contributed by atoms with Gasteiger partial charge in [-0.05, 0) is 52.6 Å². The quantitative estimate of drug-likeness (QED) is 0.498. The van der Waals surface area contributed by atoms with E-state index in [-0.39, 0.29) is 0 Å². The minimum Gasteiger partial charge on any atom is -0.356 e. The second-order valence-corrected chi connectivity index (χ2v) is 5.71. The maximum absolute atomic E-state index is 3.80. The number of anilines is 1. The first-order valence-electron chi connectivity index (χ1n) is 8.28. The van der Waals surface area contributed by atoms with E-state index in [1.54, 1.807) is 12.2 Å². The van der Waals surface area contributed by atoms with Crippen molar-refractivity contribution in [2.24, 2.45) is 0 Å². The number of rotatable bonds is 6. The topological polar surface area (TPSA) is 12.0 Å². The van der Waals surface area contributed by atoms with Gasteiger partial charge in [-0.15, -0.1) is 0 Å². The van der Waals surface area contributed by atoms with Crippen LogP contribution < -0.4 is 5.32 Å². The van der Waals surface area contributed by atoms with Crippen molar-refractivity contribution in [1.82, 2.24) is 0 Å². The Bertz CT molecular complexity index is 887. The number of benzene rings is 3. The van der Waals surface area contributed by atoms with Crippen LogP contribution in [0.1, 0.15) is 0 Å². The maximum Gasteiger partial charge on any atom is 0.0384 e. The van der Waals surface area contributed by atoms with Crippen LogP contribution in [0.3, 0.4) is 0 Å². The van der Waals surface area contributed by atoms with Crippen LogP contribution in [0.4, 0.5) is 5.69 Å². The van der Waals surface area contributed by atoms with Gasteiger partial charge in [0.2, 0.25) is 0 Å². The van der Waals surface area contributed by atoms with Crippen molar-refractivity contribution < 1.29 is 0 Å². The average molecular weight is 323 g/mol. The predicted molar refractivity (Wildman–Crippen MR) is 109 cm³/mol. The fraction of sp³-hybridized carbons (Fsp3) is 0. The summed E-state index contributed by atoms with van der Waals surface area (Å²) < 4.78 is 0. The van der Waals surface area contributed by atoms with Crippen molar-refractivity contribution in [3.63, 3.8) is 0 Å². The molecule has 0 saturated heterocycles. The highest BCUT2D eigenvalue weighted by Crippen LogP contribution is 2.27. The zero-order chi connectivity index (χ0) is 17.5. The van der Waals surface area contributed by atoms with Gasteiger partial charge in [0.1, 0.15) is 0 Å². The number of nitrogens with one attached hydrogen (secondary N) is 1. The number of hydrogen-bond donors (Lipinski definition) is 1. The third-order valence-corrected chi connectivity index (χ3v) is 3.99. The molecule has 0 aliphatic heterocycles. The van der Waals surface area contributed by atoms with Crippen molar-refractivity contribution >= 4 is 5.69 Å². The van der Waals surface area contributed by atoms with Crippen molar-refractivity contribution in [2.75, 3.05) is 5.32 Å². The standard InChI is InChI=1S/C24H21N/c1-3-9-23(4-2)25-24-16-14-20(15-17-24)22-13-8-12-21(18-22)19-10-6-5-7-11-19/h3-18,25H,1-2H2/b23-9+. The summed E-state index contributed by atoms with van der Waals surface area (Å²) in [6, 6.07) is 27.5. The Kier molecular flexibility index (Phi) is 5.28. The molecule has 3 aromatic rings. The fourth-order valence-electron chi connectivity index (χ4n) is 2.71. The van der Waals surface area contributed by atoms with Gasteiger partial charge in [-0.25, -0.2) is 0 Å². The van der Waals surface area contributed by atoms with Crippen LogP contribution in [0.15, 0.2) is 116 Å². The van der Waals surface area contributed by atoms with E-state index in [0.717, 1.165) is 11.4 Å². The van der Waals surface area contributed by atoms with Crippen LogP contribution in [0.5, 0.6) is 0 Å². The molecule has 122 valence electrons. The molecule has 0 aliphatic carbocycles. The van der Waals surface area contributed by atoms with Crippen LogP contribution in [-0.4, -0.2) is 0 Å². The lowest BCUT2D eigenvalue weighted by molar-refractivity contribution is 1.48. The molecule has 1 N–H and O–H groups in total. The van der Waals surface area contributed by atoms with Gasteiger partial charge in [0.25, 0.3) is 0 Å². The third kappa shape index (κ3) is 4.15. The number of hydrogen-bond acceptors (Lipinski definition) is 1. The second-order valence-electron chi connectivity index (χ2n) is 5.71. The molecule has 1 nitrogen and oxygen atoms in total. The fourth-order valence-corrected chi connectivity index (χ4v) is 2.71. The first-order valence-corrected chi connectivity index (χ1v) is 8.28. The predicted octanol–water partition coefficient (Wildman–Crippen LogP) is 6.69. The van der Waals surface area contributed by atoms with E-state index in [0.29, 0.717) is 0 Å². The molecule has 0 unspecified atom stereocenters. The Morgan fingerprint density at radius 1 is 0.680 bits per heavy atom. The van der Waals surface area contributed by atoms with Gasteiger partial charge in [-0.3, -0.25) is 0 Å². The molecule has 0 heterocycles. The largest absolute Gasteiger partial charge is 0.356 e. The van der Waals surface area contributed by atoms with E-state index in [4.69, 9.17) is 0 Å². The molecule has 3 rings (SSSR count). The summed E-state index contributed by atoms with van der Waals surface area (Å²) in [5.41, 5.74) is 6.80. The lowest BCUT2D eigenvalue weighted by Gasteiger charge is -2.09. The van der Waals surface area contributed by atoms with Gasteiger partial charge < -0.3 is 5.32 Å². The number of allylic oxidation sites excluding steroid dienone is 3. The van der Waals surface area contributed by atoms with Gasteiger partial charge in [0.05, 0.1) is 0 Å². The summed E-state index contributed by atoms with van der Waals surface area (Å²) in [6.07, 6.45) is 5.41. The Hall–Kier alpha value is -3.32. The molecule has 0 spiro atoms. The summed E-state index contributed by atoms with van der Waals surface area (Å²) in [7, 11) is 0. The smallest absolute Gasteiger partial charge is 0.0384 e. The monoisotopic (exact) mass is 323 g/mol. The van der Waals surface area contributed by atoms with Crippen LogP contribution in [0.25, 0.3) is 22.3 Å². The Morgan fingerprint density at radius 3 is 1.88 bits per heavy atom. The molecule has 0 radical (unpaired) electrons. The Balaban J connectivity index is 1.84. The molecule has 0 aromatic heterocycles. The zero-order valence-electron chi connectivity index (χ0n) is 14.2. The summed E-state index contributed by atoms with van der Waals surface area (Å²) in [5.74, 6) is 0. The lowest BCUT2D eigenvalue weighted by atomic mass is 9.99. The van der Waals surface area contributed by atoms with Gasteiger partial charge >= 0.3 is 0 Å². The highest BCUT2D eigenvalue weighted by molar-refractivity contribution is 5.74. The van der Waals surface area contributed by atoms with E-state index >= 15 is 0 Å². The summed E-state index contributed by atoms with van der Waals surface area (Å²) >= 11 is 0. The van der Waals surface area contributed by atoms with E-state index in [9.17, 15) is 0 Å². The molecule has 1 heteroatoms. The van der Waals surface area contributed by atoms with Gasteiger partial charge in [-0.1, -0.05) is 79.9 Å². The van der Waals surface area contributed by atoms with Crippen LogP contribution in [-0.2, 0) is 0 Å². The minimum absolute atomic E-state index is 0.925. The second kappa shape index (κ2) is 7.98. The van der Waals surface area contributed by atoms with Crippen LogP contribution in [0, 0.1) is 0 Å². The van der Waals surface area contributed by atoms with E-state index < -0.39 is 0 Å². The van der Waals surface area contributed by atoms with Crippen molar-refractivity contribution in [3.05, 3.63) is 116 Å². The molecule has 0 saturated carbocycles. The molecule has 3 aromatic carbocycles. The molecular weight excluding hydrogens is 302 g/mol. The van der Waals surface area contributed by atoms with Crippen LogP contribution >= 0.6 is 0 Å². The molecule has 0 fully saturated rings. The molecule has 0 aliphatic rings. The lowest BCUT2D eigenvalue weighted by Crippen LogP contribution is -1.95. The zero-order valence-corrected chi connectivity index (χ0v) is 14.2. The SMILES string of the molecule is C=C/C=C(\C=C)Nc1ccc(-c2cccc(-c3ccccc3)c2)cc1. The molecule has 0 bridgehead atoms. The minimum atomic E-state index is 0.925. The summed E-state index contributed by atoms with van der Waals surface area (Å²) in [5, 5.41) is 3.32. The van der Waals surface area contributed by atoms with Crippen molar-refractivity contribution in [3.8, 4) is 22.3 Å². The van der Waals surface area contributed by atoms with Gasteiger partial charge in [0.15, 0.2) is 0 Å². The first kappa shape index (κ1) is 16.5. The molecular formula is C24H21N. The van der Waals surface area contributed by atoms with Crippen LogP contribution in [0.2, 0.25) is 0 Å². The van der Waals surface area contributed by atoms with E-state index in [1.165, 1.54) is 22.3 Å². The van der Waals surface area contributed by atoms with Gasteiger partial charge in [-0.2, -0.15) is 0 Å². The summed E-state index contributed by atoms with van der Waals surface area (Å²) in [6.45, 7) is 7.51. The Morgan fingerprint density at radius 2 is 1.28 bits per heavy atom. The highest BCUT2D eigenvalue weighted by Gasteiger charge is 2.02. The maximum atomic E-state index is 3.80. The molecule has 0 atom stereocenters. The highest BCUT2D eigenvalue weighted by atomic mass is 14.9. The van der Waals surface area contributed by atoms with Gasteiger partial charge in [0, 0.05) is 11.4 Å². The Labute approximate surface area is 149 Å². The average Bonchev–Trinajstić information content (AvgIpc) is 2.69.